The van der Waals surface area contributed by atoms with Gasteiger partial charge in [-0.2, -0.15) is 5.26 Å². The highest BCUT2D eigenvalue weighted by atomic mass is 16.6. The number of hydrogen-bond donors (Lipinski definition) is 1. The number of pyridine rings is 1. The normalized spacial score (nSPS) is 15.1. The van der Waals surface area contributed by atoms with Crippen molar-refractivity contribution in [2.24, 2.45) is 0 Å². The Morgan fingerprint density at radius 1 is 1.39 bits per heavy atom. The van der Waals surface area contributed by atoms with Gasteiger partial charge in [-0.1, -0.05) is 12.1 Å². The molecule has 0 radical (unpaired) electrons. The topological polar surface area (TPSA) is 111 Å². The molecule has 0 saturated carbocycles. The average molecular weight is 384 g/mol. The zero-order valence-corrected chi connectivity index (χ0v) is 15.6. The predicted molar refractivity (Wildman–Crippen MR) is 99.0 cm³/mol. The van der Waals surface area contributed by atoms with Gasteiger partial charge in [0.1, 0.15) is 18.2 Å². The number of aromatic hydroxyl groups is 1. The highest BCUT2D eigenvalue weighted by molar-refractivity contribution is 6.03. The average Bonchev–Trinajstić information content (AvgIpc) is 2.70. The number of nitrogens with zero attached hydrogens (tertiary/aromatic N) is 2. The summed E-state index contributed by atoms with van der Waals surface area (Å²) in [5, 5.41) is 20.1. The van der Waals surface area contributed by atoms with Gasteiger partial charge in [-0.15, -0.1) is 0 Å². The van der Waals surface area contributed by atoms with E-state index < -0.39 is 23.3 Å². The maximum absolute atomic E-state index is 13.1. The van der Waals surface area contributed by atoms with Crippen molar-refractivity contribution >= 4 is 5.78 Å². The summed E-state index contributed by atoms with van der Waals surface area (Å²) in [4.78, 5) is 25.6. The number of rotatable bonds is 6. The van der Waals surface area contributed by atoms with Gasteiger partial charge in [-0.05, 0) is 31.0 Å². The number of aromatic nitrogens is 1. The van der Waals surface area contributed by atoms with E-state index in [9.17, 15) is 20.0 Å². The summed E-state index contributed by atoms with van der Waals surface area (Å²) in [6, 6.07) is 8.77. The molecule has 1 N–H and O–H groups in total. The van der Waals surface area contributed by atoms with Gasteiger partial charge in [0.2, 0.25) is 11.7 Å². The summed E-state index contributed by atoms with van der Waals surface area (Å²) in [5.41, 5.74) is -0.811. The molecule has 0 saturated heterocycles. The van der Waals surface area contributed by atoms with Crippen LogP contribution < -0.4 is 15.0 Å². The molecule has 1 aromatic carbocycles. The Morgan fingerprint density at radius 2 is 2.11 bits per heavy atom. The molecule has 1 aliphatic rings. The van der Waals surface area contributed by atoms with Crippen LogP contribution in [0.3, 0.4) is 0 Å². The molecule has 8 heteroatoms. The standard InChI is InChI=1S/C20H20N2O6/c1-12-13(10-21)19(24)22(8-5-9-26-2)20(25)17(12)18(23)16-11-27-14-6-3-4-7-15(14)28-16/h3-4,6-7,16,25H,5,8-9,11H2,1-2H3. The van der Waals surface area contributed by atoms with E-state index in [0.717, 1.165) is 4.57 Å². The second-order valence-electron chi connectivity index (χ2n) is 6.34. The first-order chi connectivity index (χ1) is 13.5. The van der Waals surface area contributed by atoms with Gasteiger partial charge in [-0.25, -0.2) is 0 Å². The molecule has 0 spiro atoms. The number of fused-ring (bicyclic) bond motifs is 1. The zero-order valence-electron chi connectivity index (χ0n) is 15.6. The third-order valence-corrected chi connectivity index (χ3v) is 4.58. The molecule has 1 aliphatic heterocycles. The quantitative estimate of drug-likeness (QED) is 0.597. The van der Waals surface area contributed by atoms with Gasteiger partial charge in [0, 0.05) is 20.3 Å². The van der Waals surface area contributed by atoms with E-state index in [2.05, 4.69) is 0 Å². The Kier molecular flexibility index (Phi) is 5.66. The molecule has 146 valence electrons. The van der Waals surface area contributed by atoms with Crippen LogP contribution in [0.25, 0.3) is 0 Å². The van der Waals surface area contributed by atoms with Crippen LogP contribution in [0, 0.1) is 18.3 Å². The van der Waals surface area contributed by atoms with Crippen molar-refractivity contribution in [2.75, 3.05) is 20.3 Å². The van der Waals surface area contributed by atoms with E-state index in [1.54, 1.807) is 24.3 Å². The number of benzene rings is 1. The molecule has 3 rings (SSSR count). The Labute approximate surface area is 161 Å². The molecule has 2 aromatic rings. The van der Waals surface area contributed by atoms with E-state index in [4.69, 9.17) is 14.2 Å². The summed E-state index contributed by atoms with van der Waals surface area (Å²) in [6.45, 7) is 1.89. The Bertz CT molecular complexity index is 1000. The van der Waals surface area contributed by atoms with Gasteiger partial charge >= 0.3 is 0 Å². The first kappa shape index (κ1) is 19.5. The number of hydrogen-bond acceptors (Lipinski definition) is 7. The molecule has 28 heavy (non-hydrogen) atoms. The largest absolute Gasteiger partial charge is 0.494 e. The molecular weight excluding hydrogens is 364 g/mol. The second kappa shape index (κ2) is 8.15. The molecule has 1 atom stereocenters. The maximum Gasteiger partial charge on any atom is 0.271 e. The van der Waals surface area contributed by atoms with E-state index in [0.29, 0.717) is 24.5 Å². The minimum absolute atomic E-state index is 0.0422. The summed E-state index contributed by atoms with van der Waals surface area (Å²) >= 11 is 0. The fraction of sp³-hybridized carbons (Fsp3) is 0.350. The summed E-state index contributed by atoms with van der Waals surface area (Å²) in [7, 11) is 1.52. The molecule has 0 bridgehead atoms. The van der Waals surface area contributed by atoms with Crippen LogP contribution in [0.2, 0.25) is 0 Å². The second-order valence-corrected chi connectivity index (χ2v) is 6.34. The monoisotopic (exact) mass is 384 g/mol. The highest BCUT2D eigenvalue weighted by Crippen LogP contribution is 2.33. The maximum atomic E-state index is 13.1. The van der Waals surface area contributed by atoms with E-state index in [1.807, 2.05) is 6.07 Å². The lowest BCUT2D eigenvalue weighted by atomic mass is 9.98. The van der Waals surface area contributed by atoms with Gasteiger partial charge < -0.3 is 19.3 Å². The molecule has 8 nitrogen and oxygen atoms in total. The van der Waals surface area contributed by atoms with Crippen LogP contribution in [0.4, 0.5) is 0 Å². The van der Waals surface area contributed by atoms with Crippen molar-refractivity contribution in [1.29, 1.82) is 5.26 Å². The SMILES string of the molecule is COCCCn1c(O)c(C(=O)C2COc3ccccc3O2)c(C)c(C#N)c1=O. The van der Waals surface area contributed by atoms with Crippen molar-refractivity contribution in [2.45, 2.75) is 26.0 Å². The van der Waals surface area contributed by atoms with Crippen LogP contribution in [0.15, 0.2) is 29.1 Å². The lowest BCUT2D eigenvalue weighted by Crippen LogP contribution is -2.38. The van der Waals surface area contributed by atoms with E-state index >= 15 is 0 Å². The minimum atomic E-state index is -1.00. The van der Waals surface area contributed by atoms with Crippen LogP contribution in [0.5, 0.6) is 17.4 Å². The zero-order chi connectivity index (χ0) is 20.3. The van der Waals surface area contributed by atoms with Gasteiger partial charge in [0.05, 0.1) is 5.56 Å². The molecule has 2 heterocycles. The van der Waals surface area contributed by atoms with Crippen LogP contribution in [0.1, 0.15) is 27.9 Å². The number of nitriles is 1. The molecule has 1 aromatic heterocycles. The van der Waals surface area contributed by atoms with Crippen molar-refractivity contribution in [3.8, 4) is 23.4 Å². The summed E-state index contributed by atoms with van der Waals surface area (Å²) in [6.07, 6.45) is -0.571. The van der Waals surface area contributed by atoms with E-state index in [-0.39, 0.29) is 29.8 Å². The molecule has 0 aliphatic carbocycles. The van der Waals surface area contributed by atoms with Crippen molar-refractivity contribution in [3.63, 3.8) is 0 Å². The number of carbonyl (C=O) groups excluding carboxylic acids is 1. The van der Waals surface area contributed by atoms with Crippen molar-refractivity contribution in [3.05, 3.63) is 51.3 Å². The molecular formula is C20H20N2O6. The number of methoxy groups -OCH3 is 1. The smallest absolute Gasteiger partial charge is 0.271 e. The van der Waals surface area contributed by atoms with Crippen molar-refractivity contribution < 1.29 is 24.1 Å². The third-order valence-electron chi connectivity index (χ3n) is 4.58. The summed E-state index contributed by atoms with van der Waals surface area (Å²) < 4.78 is 17.3. The van der Waals surface area contributed by atoms with Crippen LogP contribution in [-0.4, -0.2) is 41.9 Å². The fourth-order valence-corrected chi connectivity index (χ4v) is 3.13. The van der Waals surface area contributed by atoms with Gasteiger partial charge in [0.25, 0.3) is 5.56 Å². The fourth-order valence-electron chi connectivity index (χ4n) is 3.13. The molecule has 0 fully saturated rings. The lowest BCUT2D eigenvalue weighted by Gasteiger charge is -2.26. The van der Waals surface area contributed by atoms with Gasteiger partial charge in [0.15, 0.2) is 17.6 Å². The Hall–Kier alpha value is -3.31. The molecule has 0 amide bonds. The summed E-state index contributed by atoms with van der Waals surface area (Å²) in [5.74, 6) is -0.0977. The number of carbonyl (C=O) groups is 1. The Balaban J connectivity index is 2.01. The number of ether oxygens (including phenoxy) is 3. The predicted octanol–water partition coefficient (Wildman–Crippen LogP) is 1.79. The Morgan fingerprint density at radius 3 is 2.79 bits per heavy atom. The number of Topliss-reactive ketones (excluding diaryl/α,β-unsaturated/α-hetero) is 1. The lowest BCUT2D eigenvalue weighted by molar-refractivity contribution is 0.0581. The minimum Gasteiger partial charge on any atom is -0.494 e. The number of ketones is 1. The van der Waals surface area contributed by atoms with E-state index in [1.165, 1.54) is 14.0 Å². The van der Waals surface area contributed by atoms with Crippen LogP contribution in [-0.2, 0) is 11.3 Å². The van der Waals surface area contributed by atoms with Crippen molar-refractivity contribution in [1.82, 2.24) is 4.57 Å². The number of para-hydroxylation sites is 2. The first-order valence-corrected chi connectivity index (χ1v) is 8.77. The molecule has 1 unspecified atom stereocenters. The van der Waals surface area contributed by atoms with Crippen LogP contribution >= 0.6 is 0 Å². The van der Waals surface area contributed by atoms with Gasteiger partial charge in [-0.3, -0.25) is 14.2 Å². The first-order valence-electron chi connectivity index (χ1n) is 8.77. The highest BCUT2D eigenvalue weighted by Gasteiger charge is 2.33. The third kappa shape index (κ3) is 3.44.